The molecule has 0 aromatic heterocycles. The fourth-order valence-electron chi connectivity index (χ4n) is 1.71. The van der Waals surface area contributed by atoms with Crippen LogP contribution >= 0.6 is 0 Å². The van der Waals surface area contributed by atoms with Crippen LogP contribution in [0.5, 0.6) is 17.2 Å². The molecule has 18 heavy (non-hydrogen) atoms. The molecule has 0 saturated heterocycles. The number of aliphatic carboxylic acids is 1. The lowest BCUT2D eigenvalue weighted by atomic mass is 9.97. The Morgan fingerprint density at radius 1 is 1.28 bits per heavy atom. The number of ether oxygens (including phenoxy) is 3. The molecule has 0 aliphatic heterocycles. The van der Waals surface area contributed by atoms with Gasteiger partial charge in [0.1, 0.15) is 5.75 Å². The van der Waals surface area contributed by atoms with Crippen LogP contribution in [0.25, 0.3) is 0 Å². The van der Waals surface area contributed by atoms with E-state index in [9.17, 15) is 4.79 Å². The van der Waals surface area contributed by atoms with Gasteiger partial charge in [-0.25, -0.2) is 0 Å². The molecular formula is C12H17NO5. The molecule has 0 amide bonds. The highest BCUT2D eigenvalue weighted by atomic mass is 16.5. The predicted molar refractivity (Wildman–Crippen MR) is 65.5 cm³/mol. The standard InChI is InChI=1S/C12H17NO5/c1-16-7-4-8(9(6-13)12(14)15)11(18-3)10(5-7)17-2/h4-5,9H,6,13H2,1-3H3,(H,14,15). The summed E-state index contributed by atoms with van der Waals surface area (Å²) >= 11 is 0. The second-order valence-electron chi connectivity index (χ2n) is 3.58. The SMILES string of the molecule is COc1cc(OC)c(OC)c(C(CN)C(=O)O)c1. The van der Waals surface area contributed by atoms with Gasteiger partial charge in [-0.15, -0.1) is 0 Å². The van der Waals surface area contributed by atoms with Gasteiger partial charge in [-0.3, -0.25) is 4.79 Å². The van der Waals surface area contributed by atoms with Gasteiger partial charge in [0.15, 0.2) is 11.5 Å². The van der Waals surface area contributed by atoms with Crippen molar-refractivity contribution in [2.24, 2.45) is 5.73 Å². The molecule has 1 unspecified atom stereocenters. The molecule has 1 aromatic rings. The Hall–Kier alpha value is -1.95. The number of nitrogens with two attached hydrogens (primary N) is 1. The van der Waals surface area contributed by atoms with E-state index in [-0.39, 0.29) is 6.54 Å². The lowest BCUT2D eigenvalue weighted by Crippen LogP contribution is -2.22. The van der Waals surface area contributed by atoms with Crippen LogP contribution in [0.3, 0.4) is 0 Å². The molecule has 0 aliphatic carbocycles. The fraction of sp³-hybridized carbons (Fsp3) is 0.417. The maximum absolute atomic E-state index is 11.2. The zero-order chi connectivity index (χ0) is 13.7. The molecule has 0 radical (unpaired) electrons. The second kappa shape index (κ2) is 6.11. The number of carboxylic acids is 1. The zero-order valence-corrected chi connectivity index (χ0v) is 10.6. The lowest BCUT2D eigenvalue weighted by Gasteiger charge is -2.18. The van der Waals surface area contributed by atoms with Gasteiger partial charge in [0.05, 0.1) is 27.2 Å². The fourth-order valence-corrected chi connectivity index (χ4v) is 1.71. The summed E-state index contributed by atoms with van der Waals surface area (Å²) in [4.78, 5) is 11.2. The molecule has 0 saturated carbocycles. The van der Waals surface area contributed by atoms with Crippen LogP contribution in [0.4, 0.5) is 0 Å². The molecule has 0 bridgehead atoms. The van der Waals surface area contributed by atoms with Gasteiger partial charge in [0, 0.05) is 18.2 Å². The third-order valence-electron chi connectivity index (χ3n) is 2.63. The Bertz CT molecular complexity index is 433. The minimum absolute atomic E-state index is 0.0397. The predicted octanol–water partition coefficient (Wildman–Crippen LogP) is 0.839. The number of methoxy groups -OCH3 is 3. The normalized spacial score (nSPS) is 11.8. The number of hydrogen-bond acceptors (Lipinski definition) is 5. The molecule has 100 valence electrons. The summed E-state index contributed by atoms with van der Waals surface area (Å²) in [5, 5.41) is 9.16. The first kappa shape index (κ1) is 14.1. The molecule has 3 N–H and O–H groups in total. The van der Waals surface area contributed by atoms with Crippen LogP contribution in [0.2, 0.25) is 0 Å². The van der Waals surface area contributed by atoms with Crippen molar-refractivity contribution in [2.75, 3.05) is 27.9 Å². The molecule has 0 aliphatic rings. The summed E-state index contributed by atoms with van der Waals surface area (Å²) in [6.45, 7) is -0.0397. The Balaban J connectivity index is 3.42. The molecule has 6 heteroatoms. The van der Waals surface area contributed by atoms with Crippen LogP contribution in [-0.2, 0) is 4.79 Å². The minimum Gasteiger partial charge on any atom is -0.497 e. The van der Waals surface area contributed by atoms with Gasteiger partial charge in [0.25, 0.3) is 0 Å². The number of hydrogen-bond donors (Lipinski definition) is 2. The molecule has 0 heterocycles. The van der Waals surface area contributed by atoms with E-state index < -0.39 is 11.9 Å². The van der Waals surface area contributed by atoms with Crippen molar-refractivity contribution in [2.45, 2.75) is 5.92 Å². The van der Waals surface area contributed by atoms with Gasteiger partial charge in [-0.2, -0.15) is 0 Å². The summed E-state index contributed by atoms with van der Waals surface area (Å²) in [5.41, 5.74) is 5.93. The average molecular weight is 255 g/mol. The Morgan fingerprint density at radius 2 is 1.94 bits per heavy atom. The minimum atomic E-state index is -1.02. The highest BCUT2D eigenvalue weighted by molar-refractivity contribution is 5.78. The van der Waals surface area contributed by atoms with Gasteiger partial charge >= 0.3 is 5.97 Å². The van der Waals surface area contributed by atoms with E-state index >= 15 is 0 Å². The molecule has 6 nitrogen and oxygen atoms in total. The smallest absolute Gasteiger partial charge is 0.312 e. The van der Waals surface area contributed by atoms with Crippen molar-refractivity contribution in [3.63, 3.8) is 0 Å². The van der Waals surface area contributed by atoms with Crippen LogP contribution in [0.1, 0.15) is 11.5 Å². The van der Waals surface area contributed by atoms with E-state index in [0.717, 1.165) is 0 Å². The summed E-state index contributed by atoms with van der Waals surface area (Å²) in [6, 6.07) is 3.21. The number of rotatable bonds is 6. The van der Waals surface area contributed by atoms with Crippen molar-refractivity contribution < 1.29 is 24.1 Å². The highest BCUT2D eigenvalue weighted by Crippen LogP contribution is 2.39. The topological polar surface area (TPSA) is 91.0 Å². The van der Waals surface area contributed by atoms with Crippen molar-refractivity contribution in [1.29, 1.82) is 0 Å². The number of carboxylic acid groups (broad SMARTS) is 1. The van der Waals surface area contributed by atoms with Crippen molar-refractivity contribution in [3.8, 4) is 17.2 Å². The average Bonchev–Trinajstić information content (AvgIpc) is 2.37. The quantitative estimate of drug-likeness (QED) is 0.782. The summed E-state index contributed by atoms with van der Waals surface area (Å²) in [5.74, 6) is -0.639. The van der Waals surface area contributed by atoms with Gasteiger partial charge in [-0.1, -0.05) is 0 Å². The summed E-state index contributed by atoms with van der Waals surface area (Å²) < 4.78 is 15.5. The molecule has 1 rings (SSSR count). The molecule has 0 fully saturated rings. The number of carbonyl (C=O) groups is 1. The first-order valence-corrected chi connectivity index (χ1v) is 5.31. The van der Waals surface area contributed by atoms with Gasteiger partial charge in [-0.05, 0) is 6.07 Å². The van der Waals surface area contributed by atoms with E-state index in [1.54, 1.807) is 12.1 Å². The maximum atomic E-state index is 11.2. The zero-order valence-electron chi connectivity index (χ0n) is 10.6. The van der Waals surface area contributed by atoms with Crippen molar-refractivity contribution in [3.05, 3.63) is 17.7 Å². The van der Waals surface area contributed by atoms with Crippen molar-refractivity contribution in [1.82, 2.24) is 0 Å². The lowest BCUT2D eigenvalue weighted by molar-refractivity contribution is -0.138. The summed E-state index contributed by atoms with van der Waals surface area (Å²) in [7, 11) is 4.41. The third kappa shape index (κ3) is 2.65. The van der Waals surface area contributed by atoms with Gasteiger partial charge in [0.2, 0.25) is 0 Å². The first-order chi connectivity index (χ1) is 8.58. The Kier molecular flexibility index (Phi) is 4.79. The van der Waals surface area contributed by atoms with E-state index in [1.165, 1.54) is 21.3 Å². The first-order valence-electron chi connectivity index (χ1n) is 5.31. The molecule has 0 spiro atoms. The molecular weight excluding hydrogens is 238 g/mol. The van der Waals surface area contributed by atoms with E-state index in [0.29, 0.717) is 22.8 Å². The Labute approximate surface area is 105 Å². The van der Waals surface area contributed by atoms with E-state index in [1.807, 2.05) is 0 Å². The second-order valence-corrected chi connectivity index (χ2v) is 3.58. The largest absolute Gasteiger partial charge is 0.497 e. The van der Waals surface area contributed by atoms with Gasteiger partial charge < -0.3 is 25.1 Å². The van der Waals surface area contributed by atoms with Crippen LogP contribution < -0.4 is 19.9 Å². The Morgan fingerprint density at radius 3 is 2.33 bits per heavy atom. The van der Waals surface area contributed by atoms with Crippen LogP contribution in [0.15, 0.2) is 12.1 Å². The maximum Gasteiger partial charge on any atom is 0.312 e. The number of benzene rings is 1. The van der Waals surface area contributed by atoms with Crippen LogP contribution in [0, 0.1) is 0 Å². The highest BCUT2D eigenvalue weighted by Gasteiger charge is 2.25. The molecule has 1 atom stereocenters. The van der Waals surface area contributed by atoms with E-state index in [2.05, 4.69) is 0 Å². The van der Waals surface area contributed by atoms with Crippen molar-refractivity contribution >= 4 is 5.97 Å². The van der Waals surface area contributed by atoms with Crippen LogP contribution in [-0.4, -0.2) is 38.9 Å². The molecule has 1 aromatic carbocycles. The summed E-state index contributed by atoms with van der Waals surface area (Å²) in [6.07, 6.45) is 0. The monoisotopic (exact) mass is 255 g/mol. The third-order valence-corrected chi connectivity index (χ3v) is 2.63. The van der Waals surface area contributed by atoms with E-state index in [4.69, 9.17) is 25.1 Å².